The van der Waals surface area contributed by atoms with Crippen LogP contribution in [0.4, 0.5) is 10.8 Å². The maximum absolute atomic E-state index is 12.2. The van der Waals surface area contributed by atoms with E-state index in [-0.39, 0.29) is 16.5 Å². The van der Waals surface area contributed by atoms with Crippen molar-refractivity contribution >= 4 is 32.2 Å². The zero-order valence-electron chi connectivity index (χ0n) is 11.4. The van der Waals surface area contributed by atoms with Gasteiger partial charge in [0.1, 0.15) is 9.90 Å². The molecule has 0 aromatic carbocycles. The molecule has 0 spiro atoms. The molecule has 0 aliphatic heterocycles. The monoisotopic (exact) mass is 303 g/mol. The minimum atomic E-state index is -3.31. The highest BCUT2D eigenvalue weighted by atomic mass is 32.2. The molecule has 1 aliphatic rings. The SMILES string of the molecule is CCCN(CC1CC1)c1snc(N)c1S(=O)(=O)CC. The quantitative estimate of drug-likeness (QED) is 0.835. The van der Waals surface area contributed by atoms with Crippen LogP contribution in [0.25, 0.3) is 0 Å². The van der Waals surface area contributed by atoms with Gasteiger partial charge in [-0.15, -0.1) is 0 Å². The number of nitrogens with zero attached hydrogens (tertiary/aromatic N) is 2. The molecule has 0 unspecified atom stereocenters. The van der Waals surface area contributed by atoms with Gasteiger partial charge in [0, 0.05) is 13.1 Å². The van der Waals surface area contributed by atoms with Crippen molar-refractivity contribution in [2.45, 2.75) is 38.0 Å². The lowest BCUT2D eigenvalue weighted by molar-refractivity contribution is 0.597. The normalized spacial score (nSPS) is 15.7. The fraction of sp³-hybridized carbons (Fsp3) is 0.750. The fourth-order valence-electron chi connectivity index (χ4n) is 2.08. The summed E-state index contributed by atoms with van der Waals surface area (Å²) in [6.45, 7) is 5.51. The molecule has 0 radical (unpaired) electrons. The van der Waals surface area contributed by atoms with Gasteiger partial charge < -0.3 is 10.6 Å². The lowest BCUT2D eigenvalue weighted by Gasteiger charge is -2.23. The third-order valence-electron chi connectivity index (χ3n) is 3.30. The first kappa shape index (κ1) is 14.6. The molecule has 5 nitrogen and oxygen atoms in total. The van der Waals surface area contributed by atoms with Crippen LogP contribution < -0.4 is 10.6 Å². The standard InChI is InChI=1S/C12H21N3O2S2/c1-3-7-15(8-9-5-6-9)12-10(11(13)14-18-12)19(16,17)4-2/h9H,3-8H2,1-2H3,(H2,13,14). The van der Waals surface area contributed by atoms with Gasteiger partial charge in [0.15, 0.2) is 15.7 Å². The number of sulfone groups is 1. The van der Waals surface area contributed by atoms with E-state index < -0.39 is 9.84 Å². The highest BCUT2D eigenvalue weighted by Crippen LogP contribution is 2.38. The van der Waals surface area contributed by atoms with Crippen LogP contribution in [0.5, 0.6) is 0 Å². The maximum atomic E-state index is 12.2. The topological polar surface area (TPSA) is 76.3 Å². The molecule has 108 valence electrons. The number of anilines is 2. The van der Waals surface area contributed by atoms with Gasteiger partial charge in [0.2, 0.25) is 0 Å². The van der Waals surface area contributed by atoms with Crippen molar-refractivity contribution < 1.29 is 8.42 Å². The molecule has 1 fully saturated rings. The number of aromatic nitrogens is 1. The molecule has 0 atom stereocenters. The summed E-state index contributed by atoms with van der Waals surface area (Å²) in [6, 6.07) is 0. The van der Waals surface area contributed by atoms with E-state index in [0.29, 0.717) is 5.92 Å². The predicted octanol–water partition coefficient (Wildman–Crippen LogP) is 2.15. The van der Waals surface area contributed by atoms with Crippen molar-refractivity contribution in [3.05, 3.63) is 0 Å². The second-order valence-corrected chi connectivity index (χ2v) is 7.96. The van der Waals surface area contributed by atoms with E-state index >= 15 is 0 Å². The molecule has 1 aromatic heterocycles. The van der Waals surface area contributed by atoms with Crippen LogP contribution in [0.1, 0.15) is 33.1 Å². The summed E-state index contributed by atoms with van der Waals surface area (Å²) in [5.74, 6) is 0.914. The Morgan fingerprint density at radius 2 is 2.11 bits per heavy atom. The number of rotatable bonds is 7. The van der Waals surface area contributed by atoms with Crippen LogP contribution in [0.15, 0.2) is 4.90 Å². The van der Waals surface area contributed by atoms with Crippen LogP contribution in [0.3, 0.4) is 0 Å². The summed E-state index contributed by atoms with van der Waals surface area (Å²) in [4.78, 5) is 2.39. The number of nitrogen functional groups attached to an aromatic ring is 1. The Kier molecular flexibility index (Phi) is 4.35. The first-order valence-corrected chi connectivity index (χ1v) is 9.15. The van der Waals surface area contributed by atoms with E-state index in [4.69, 9.17) is 5.73 Å². The van der Waals surface area contributed by atoms with E-state index in [1.807, 2.05) is 0 Å². The number of hydrogen-bond donors (Lipinski definition) is 1. The highest BCUT2D eigenvalue weighted by Gasteiger charge is 2.30. The van der Waals surface area contributed by atoms with Crippen LogP contribution in [-0.4, -0.2) is 31.6 Å². The predicted molar refractivity (Wildman–Crippen MR) is 79.5 cm³/mol. The average Bonchev–Trinajstić information content (AvgIpc) is 3.09. The molecule has 2 rings (SSSR count). The average molecular weight is 303 g/mol. The Morgan fingerprint density at radius 3 is 2.63 bits per heavy atom. The molecule has 1 saturated carbocycles. The second kappa shape index (κ2) is 5.66. The Bertz CT molecular complexity index is 535. The second-order valence-electron chi connectivity index (χ2n) is 4.99. The molecule has 19 heavy (non-hydrogen) atoms. The Labute approximate surface area is 118 Å². The minimum Gasteiger partial charge on any atom is -0.382 e. The molecule has 7 heteroatoms. The van der Waals surface area contributed by atoms with Crippen molar-refractivity contribution in [3.8, 4) is 0 Å². The fourth-order valence-corrected chi connectivity index (χ4v) is 4.42. The highest BCUT2D eigenvalue weighted by molar-refractivity contribution is 7.91. The smallest absolute Gasteiger partial charge is 0.184 e. The lowest BCUT2D eigenvalue weighted by atomic mass is 10.3. The minimum absolute atomic E-state index is 0.0615. The molecular weight excluding hydrogens is 282 g/mol. The van der Waals surface area contributed by atoms with Crippen molar-refractivity contribution in [1.82, 2.24) is 4.37 Å². The molecule has 1 aliphatic carbocycles. The lowest BCUT2D eigenvalue weighted by Crippen LogP contribution is -2.27. The van der Waals surface area contributed by atoms with Crippen molar-refractivity contribution in [1.29, 1.82) is 0 Å². The van der Waals surface area contributed by atoms with Gasteiger partial charge >= 0.3 is 0 Å². The van der Waals surface area contributed by atoms with Gasteiger partial charge in [-0.2, -0.15) is 4.37 Å². The van der Waals surface area contributed by atoms with E-state index in [9.17, 15) is 8.42 Å². The van der Waals surface area contributed by atoms with Gasteiger partial charge in [0.25, 0.3) is 0 Å². The first-order valence-electron chi connectivity index (χ1n) is 6.72. The van der Waals surface area contributed by atoms with E-state index in [1.165, 1.54) is 24.4 Å². The Balaban J connectivity index is 2.36. The van der Waals surface area contributed by atoms with Crippen LogP contribution in [0.2, 0.25) is 0 Å². The zero-order valence-corrected chi connectivity index (χ0v) is 13.1. The number of hydrogen-bond acceptors (Lipinski definition) is 6. The summed E-state index contributed by atoms with van der Waals surface area (Å²) in [6.07, 6.45) is 3.46. The molecule has 0 amide bonds. The van der Waals surface area contributed by atoms with Crippen molar-refractivity contribution in [2.24, 2.45) is 5.92 Å². The van der Waals surface area contributed by atoms with Crippen LogP contribution in [-0.2, 0) is 9.84 Å². The van der Waals surface area contributed by atoms with Gasteiger partial charge in [-0.3, -0.25) is 0 Å². The largest absolute Gasteiger partial charge is 0.382 e. The molecule has 0 saturated heterocycles. The molecule has 1 heterocycles. The summed E-state index contributed by atoms with van der Waals surface area (Å²) >= 11 is 1.21. The third-order valence-corrected chi connectivity index (χ3v) is 6.14. The molecular formula is C12H21N3O2S2. The van der Waals surface area contributed by atoms with Crippen molar-refractivity contribution in [3.63, 3.8) is 0 Å². The van der Waals surface area contributed by atoms with E-state index in [2.05, 4.69) is 16.2 Å². The molecule has 1 aromatic rings. The van der Waals surface area contributed by atoms with E-state index in [1.54, 1.807) is 6.92 Å². The maximum Gasteiger partial charge on any atom is 0.184 e. The van der Waals surface area contributed by atoms with Gasteiger partial charge in [-0.1, -0.05) is 13.8 Å². The van der Waals surface area contributed by atoms with Gasteiger partial charge in [-0.25, -0.2) is 8.42 Å². The summed E-state index contributed by atoms with van der Waals surface area (Å²) in [5.41, 5.74) is 5.78. The first-order chi connectivity index (χ1) is 8.99. The summed E-state index contributed by atoms with van der Waals surface area (Å²) in [7, 11) is -3.31. The van der Waals surface area contributed by atoms with E-state index in [0.717, 1.165) is 24.5 Å². The Hall–Kier alpha value is -0.820. The Morgan fingerprint density at radius 1 is 1.42 bits per heavy atom. The zero-order chi connectivity index (χ0) is 14.0. The molecule has 0 bridgehead atoms. The summed E-state index contributed by atoms with van der Waals surface area (Å²) in [5, 5.41) is 0.730. The van der Waals surface area contributed by atoms with Crippen LogP contribution >= 0.6 is 11.5 Å². The third kappa shape index (κ3) is 3.20. The van der Waals surface area contributed by atoms with Crippen molar-refractivity contribution in [2.75, 3.05) is 29.5 Å². The van der Waals surface area contributed by atoms with Crippen LogP contribution in [0, 0.1) is 5.92 Å². The van der Waals surface area contributed by atoms with Gasteiger partial charge in [-0.05, 0) is 36.7 Å². The number of nitrogens with two attached hydrogens (primary N) is 1. The van der Waals surface area contributed by atoms with Gasteiger partial charge in [0.05, 0.1) is 5.75 Å². The molecule has 2 N–H and O–H groups in total. The summed E-state index contributed by atoms with van der Waals surface area (Å²) < 4.78 is 28.4.